The Morgan fingerprint density at radius 3 is 2.68 bits per heavy atom. The van der Waals surface area contributed by atoms with Gasteiger partial charge in [-0.2, -0.15) is 0 Å². The fourth-order valence-corrected chi connectivity index (χ4v) is 2.70. The van der Waals surface area contributed by atoms with Crippen LogP contribution in [0.15, 0.2) is 36.5 Å². The topological polar surface area (TPSA) is 74.1 Å². The van der Waals surface area contributed by atoms with Gasteiger partial charge in [0.1, 0.15) is 0 Å². The van der Waals surface area contributed by atoms with Gasteiger partial charge in [0, 0.05) is 35.8 Å². The van der Waals surface area contributed by atoms with Crippen LogP contribution in [0.4, 0.5) is 5.69 Å². The fraction of sp³-hybridized carbons (Fsp3) is 0.286. The standard InChI is InChI=1S/C14H15N3O2/c15-13-2-1-3-14-12(13)8-9-16(14)10-4-6-11(7-5-10)17(18)19/h4-9,13H,1-3,15H2. The summed E-state index contributed by atoms with van der Waals surface area (Å²) in [6, 6.07) is 8.79. The van der Waals surface area contributed by atoms with Crippen LogP contribution in [0.3, 0.4) is 0 Å². The van der Waals surface area contributed by atoms with E-state index in [-0.39, 0.29) is 16.7 Å². The molecule has 0 spiro atoms. The lowest BCUT2D eigenvalue weighted by Crippen LogP contribution is -2.17. The molecule has 1 heterocycles. The van der Waals surface area contributed by atoms with Crippen molar-refractivity contribution in [3.05, 3.63) is 57.9 Å². The van der Waals surface area contributed by atoms with Crippen LogP contribution in [0.5, 0.6) is 0 Å². The Balaban J connectivity index is 2.01. The van der Waals surface area contributed by atoms with Gasteiger partial charge in [0.15, 0.2) is 0 Å². The smallest absolute Gasteiger partial charge is 0.269 e. The van der Waals surface area contributed by atoms with Crippen molar-refractivity contribution in [3.8, 4) is 5.69 Å². The summed E-state index contributed by atoms with van der Waals surface area (Å²) in [5, 5.41) is 10.7. The minimum Gasteiger partial charge on any atom is -0.324 e. The third-order valence-electron chi connectivity index (χ3n) is 3.69. The summed E-state index contributed by atoms with van der Waals surface area (Å²) < 4.78 is 2.08. The molecular formula is C14H15N3O2. The zero-order valence-corrected chi connectivity index (χ0v) is 10.5. The van der Waals surface area contributed by atoms with Crippen LogP contribution < -0.4 is 5.73 Å². The van der Waals surface area contributed by atoms with E-state index >= 15 is 0 Å². The molecule has 1 aliphatic rings. The van der Waals surface area contributed by atoms with Crippen molar-refractivity contribution in [2.45, 2.75) is 25.3 Å². The average Bonchev–Trinajstić information content (AvgIpc) is 2.84. The van der Waals surface area contributed by atoms with E-state index in [1.54, 1.807) is 12.1 Å². The number of nitrogens with zero attached hydrogens (tertiary/aromatic N) is 2. The molecule has 5 nitrogen and oxygen atoms in total. The van der Waals surface area contributed by atoms with Gasteiger partial charge in [0.25, 0.3) is 5.69 Å². The van der Waals surface area contributed by atoms with Gasteiger partial charge in [-0.15, -0.1) is 0 Å². The molecule has 0 fully saturated rings. The van der Waals surface area contributed by atoms with E-state index in [0.717, 1.165) is 24.9 Å². The van der Waals surface area contributed by atoms with E-state index in [2.05, 4.69) is 10.6 Å². The predicted octanol–water partition coefficient (Wildman–Crippen LogP) is 2.72. The normalized spacial score (nSPS) is 18.1. The molecule has 5 heteroatoms. The van der Waals surface area contributed by atoms with Gasteiger partial charge in [-0.25, -0.2) is 0 Å². The summed E-state index contributed by atoms with van der Waals surface area (Å²) in [5.74, 6) is 0. The fourth-order valence-electron chi connectivity index (χ4n) is 2.70. The largest absolute Gasteiger partial charge is 0.324 e. The van der Waals surface area contributed by atoms with Gasteiger partial charge < -0.3 is 10.3 Å². The van der Waals surface area contributed by atoms with Crippen LogP contribution in [0.1, 0.15) is 30.1 Å². The molecule has 0 radical (unpaired) electrons. The molecule has 0 amide bonds. The summed E-state index contributed by atoms with van der Waals surface area (Å²) in [4.78, 5) is 10.3. The van der Waals surface area contributed by atoms with Gasteiger partial charge in [0.2, 0.25) is 0 Å². The Morgan fingerprint density at radius 2 is 2.00 bits per heavy atom. The van der Waals surface area contributed by atoms with Crippen molar-refractivity contribution in [1.82, 2.24) is 4.57 Å². The highest BCUT2D eigenvalue weighted by Crippen LogP contribution is 2.30. The number of nitro groups is 1. The summed E-state index contributed by atoms with van der Waals surface area (Å²) >= 11 is 0. The highest BCUT2D eigenvalue weighted by molar-refractivity contribution is 5.44. The molecule has 1 atom stereocenters. The molecule has 1 unspecified atom stereocenters. The van der Waals surface area contributed by atoms with Crippen LogP contribution in [-0.4, -0.2) is 9.49 Å². The highest BCUT2D eigenvalue weighted by Gasteiger charge is 2.20. The Morgan fingerprint density at radius 1 is 1.26 bits per heavy atom. The van der Waals surface area contributed by atoms with E-state index in [4.69, 9.17) is 5.73 Å². The van der Waals surface area contributed by atoms with Gasteiger partial charge in [0.05, 0.1) is 4.92 Å². The number of fused-ring (bicyclic) bond motifs is 1. The molecule has 19 heavy (non-hydrogen) atoms. The maximum absolute atomic E-state index is 10.7. The van der Waals surface area contributed by atoms with Crippen molar-refractivity contribution >= 4 is 5.69 Å². The lowest BCUT2D eigenvalue weighted by molar-refractivity contribution is -0.384. The molecule has 0 aliphatic heterocycles. The SMILES string of the molecule is NC1CCCc2c1ccn2-c1ccc([N+](=O)[O-])cc1. The molecule has 3 rings (SSSR count). The van der Waals surface area contributed by atoms with Gasteiger partial charge in [-0.3, -0.25) is 10.1 Å². The zero-order valence-electron chi connectivity index (χ0n) is 10.5. The van der Waals surface area contributed by atoms with E-state index < -0.39 is 0 Å². The minimum atomic E-state index is -0.384. The van der Waals surface area contributed by atoms with Crippen LogP contribution in [0, 0.1) is 10.1 Å². The quantitative estimate of drug-likeness (QED) is 0.664. The van der Waals surface area contributed by atoms with Crippen LogP contribution in [0.25, 0.3) is 5.69 Å². The Kier molecular flexibility index (Phi) is 2.83. The molecule has 2 N–H and O–H groups in total. The maximum Gasteiger partial charge on any atom is 0.269 e. The highest BCUT2D eigenvalue weighted by atomic mass is 16.6. The Hall–Kier alpha value is -2.14. The summed E-state index contributed by atoms with van der Waals surface area (Å²) in [6.07, 6.45) is 5.12. The summed E-state index contributed by atoms with van der Waals surface area (Å²) in [7, 11) is 0. The third-order valence-corrected chi connectivity index (χ3v) is 3.69. The van der Waals surface area contributed by atoms with E-state index in [1.165, 1.54) is 23.4 Å². The number of hydrogen-bond acceptors (Lipinski definition) is 3. The molecule has 0 bridgehead atoms. The van der Waals surface area contributed by atoms with Crippen LogP contribution in [-0.2, 0) is 6.42 Å². The summed E-state index contributed by atoms with van der Waals surface area (Å²) in [5.41, 5.74) is 9.58. The molecule has 0 saturated heterocycles. The van der Waals surface area contributed by atoms with Crippen molar-refractivity contribution in [1.29, 1.82) is 0 Å². The lowest BCUT2D eigenvalue weighted by Gasteiger charge is -2.20. The molecular weight excluding hydrogens is 242 g/mol. The van der Waals surface area contributed by atoms with E-state index in [0.29, 0.717) is 0 Å². The number of rotatable bonds is 2. The van der Waals surface area contributed by atoms with Crippen LogP contribution >= 0.6 is 0 Å². The Labute approximate surface area is 110 Å². The third kappa shape index (κ3) is 2.02. The van der Waals surface area contributed by atoms with Crippen molar-refractivity contribution in [3.63, 3.8) is 0 Å². The van der Waals surface area contributed by atoms with Crippen LogP contribution in [0.2, 0.25) is 0 Å². The van der Waals surface area contributed by atoms with Crippen molar-refractivity contribution < 1.29 is 4.92 Å². The number of hydrogen-bond donors (Lipinski definition) is 1. The number of non-ortho nitro benzene ring substituents is 1. The first-order valence-corrected chi connectivity index (χ1v) is 6.37. The second kappa shape index (κ2) is 4.51. The van der Waals surface area contributed by atoms with Gasteiger partial charge in [-0.1, -0.05) is 0 Å². The van der Waals surface area contributed by atoms with Gasteiger partial charge in [-0.05, 0) is 43.0 Å². The number of nitro benzene ring substituents is 1. The number of nitrogens with two attached hydrogens (primary N) is 1. The first kappa shape index (κ1) is 11.9. The maximum atomic E-state index is 10.7. The average molecular weight is 257 g/mol. The molecule has 1 aliphatic carbocycles. The van der Waals surface area contributed by atoms with Gasteiger partial charge >= 0.3 is 0 Å². The monoisotopic (exact) mass is 257 g/mol. The molecule has 1 aromatic heterocycles. The predicted molar refractivity (Wildman–Crippen MR) is 72.3 cm³/mol. The van der Waals surface area contributed by atoms with Crippen molar-refractivity contribution in [2.75, 3.05) is 0 Å². The molecule has 98 valence electrons. The second-order valence-corrected chi connectivity index (χ2v) is 4.86. The van der Waals surface area contributed by atoms with E-state index in [9.17, 15) is 10.1 Å². The number of aromatic nitrogens is 1. The first-order valence-electron chi connectivity index (χ1n) is 6.37. The molecule has 2 aromatic rings. The van der Waals surface area contributed by atoms with Crippen molar-refractivity contribution in [2.24, 2.45) is 5.73 Å². The summed E-state index contributed by atoms with van der Waals surface area (Å²) in [6.45, 7) is 0. The minimum absolute atomic E-state index is 0.112. The number of benzene rings is 1. The molecule has 0 saturated carbocycles. The second-order valence-electron chi connectivity index (χ2n) is 4.86. The lowest BCUT2D eigenvalue weighted by atomic mass is 9.93. The zero-order chi connectivity index (χ0) is 13.4. The molecule has 1 aromatic carbocycles. The Bertz CT molecular complexity index is 616. The van der Waals surface area contributed by atoms with E-state index in [1.807, 2.05) is 6.20 Å². The first-order chi connectivity index (χ1) is 9.16.